The number of nitrogens with one attached hydrogen (secondary N) is 1. The van der Waals surface area contributed by atoms with Crippen molar-refractivity contribution in [3.8, 4) is 0 Å². The van der Waals surface area contributed by atoms with Gasteiger partial charge in [0.05, 0.1) is 16.4 Å². The largest absolute Gasteiger partial charge is 0.321 e. The average molecular weight is 412 g/mol. The van der Waals surface area contributed by atoms with Gasteiger partial charge in [0.2, 0.25) is 0 Å². The summed E-state index contributed by atoms with van der Waals surface area (Å²) >= 11 is 7.60. The van der Waals surface area contributed by atoms with E-state index in [0.29, 0.717) is 11.3 Å². The number of aromatic nitrogens is 2. The highest BCUT2D eigenvalue weighted by atomic mass is 35.5. The number of pyridine rings is 1. The van der Waals surface area contributed by atoms with Crippen molar-refractivity contribution >= 4 is 40.6 Å². The number of rotatable bonds is 5. The van der Waals surface area contributed by atoms with Crippen LogP contribution >= 0.6 is 23.4 Å². The molecule has 0 unspecified atom stereocenters. The monoisotopic (exact) mass is 411 g/mol. The summed E-state index contributed by atoms with van der Waals surface area (Å²) < 4.78 is 15.1. The number of amides is 1. The molecule has 1 N–H and O–H groups in total. The molecule has 0 aliphatic rings. The second-order valence-corrected chi connectivity index (χ2v) is 7.55. The Hall–Kier alpha value is -2.83. The molecule has 0 aliphatic heterocycles. The zero-order chi connectivity index (χ0) is 19.5. The van der Waals surface area contributed by atoms with Gasteiger partial charge in [-0.2, -0.15) is 0 Å². The molecule has 0 saturated carbocycles. The summed E-state index contributed by atoms with van der Waals surface area (Å²) in [6, 6.07) is 17.0. The van der Waals surface area contributed by atoms with E-state index in [1.807, 2.05) is 47.1 Å². The number of carbonyl (C=O) groups is 1. The molecule has 140 valence electrons. The van der Waals surface area contributed by atoms with Crippen LogP contribution < -0.4 is 5.32 Å². The fraction of sp³-hybridized carbons (Fsp3) is 0.0476. The van der Waals surface area contributed by atoms with Gasteiger partial charge in [0.25, 0.3) is 5.91 Å². The minimum absolute atomic E-state index is 0.160. The number of hydrogen-bond donors (Lipinski definition) is 1. The lowest BCUT2D eigenvalue weighted by molar-refractivity contribution is 0.102. The van der Waals surface area contributed by atoms with E-state index in [0.717, 1.165) is 28.1 Å². The van der Waals surface area contributed by atoms with Crippen LogP contribution in [-0.2, 0) is 5.75 Å². The first-order valence-corrected chi connectivity index (χ1v) is 9.87. The van der Waals surface area contributed by atoms with Gasteiger partial charge in [-0.25, -0.2) is 9.37 Å². The molecule has 0 saturated heterocycles. The van der Waals surface area contributed by atoms with Crippen LogP contribution in [0.25, 0.3) is 5.65 Å². The summed E-state index contributed by atoms with van der Waals surface area (Å²) in [5, 5.41) is 2.85. The smallest absolute Gasteiger partial charge is 0.255 e. The summed E-state index contributed by atoms with van der Waals surface area (Å²) in [5.41, 5.74) is 2.78. The lowest BCUT2D eigenvalue weighted by Crippen LogP contribution is -2.12. The molecule has 4 rings (SSSR count). The molecule has 2 aromatic heterocycles. The van der Waals surface area contributed by atoms with Crippen LogP contribution in [0.4, 0.5) is 10.1 Å². The van der Waals surface area contributed by atoms with Gasteiger partial charge >= 0.3 is 0 Å². The first-order chi connectivity index (χ1) is 13.6. The Morgan fingerprint density at radius 2 is 1.96 bits per heavy atom. The minimum Gasteiger partial charge on any atom is -0.321 e. The maximum Gasteiger partial charge on any atom is 0.255 e. The van der Waals surface area contributed by atoms with Crippen LogP contribution in [-0.4, -0.2) is 15.3 Å². The van der Waals surface area contributed by atoms with Crippen LogP contribution in [0.3, 0.4) is 0 Å². The predicted octanol–water partition coefficient (Wildman–Crippen LogP) is 5.67. The van der Waals surface area contributed by atoms with Gasteiger partial charge in [0.15, 0.2) is 0 Å². The number of benzene rings is 2. The Bertz CT molecular complexity index is 1110. The second kappa shape index (κ2) is 8.04. The van der Waals surface area contributed by atoms with Crippen LogP contribution in [0.1, 0.15) is 16.1 Å². The third-order valence-electron chi connectivity index (χ3n) is 4.10. The lowest BCUT2D eigenvalue weighted by atomic mass is 10.2. The van der Waals surface area contributed by atoms with Gasteiger partial charge in [0, 0.05) is 28.6 Å². The predicted molar refractivity (Wildman–Crippen MR) is 111 cm³/mol. The average Bonchev–Trinajstić information content (AvgIpc) is 3.12. The normalized spacial score (nSPS) is 10.9. The molecule has 1 amide bonds. The molecule has 0 bridgehead atoms. The number of carbonyl (C=O) groups excluding carboxylic acids is 1. The number of fused-ring (bicyclic) bond motifs is 1. The van der Waals surface area contributed by atoms with E-state index >= 15 is 0 Å². The zero-order valence-corrected chi connectivity index (χ0v) is 16.2. The number of thioether (sulfide) groups is 1. The Morgan fingerprint density at radius 1 is 1.14 bits per heavy atom. The van der Waals surface area contributed by atoms with Crippen molar-refractivity contribution in [2.75, 3.05) is 5.32 Å². The van der Waals surface area contributed by atoms with E-state index in [1.165, 1.54) is 12.1 Å². The van der Waals surface area contributed by atoms with Crippen molar-refractivity contribution in [1.29, 1.82) is 0 Å². The van der Waals surface area contributed by atoms with E-state index in [2.05, 4.69) is 10.3 Å². The fourth-order valence-corrected chi connectivity index (χ4v) is 3.70. The zero-order valence-electron chi connectivity index (χ0n) is 14.6. The van der Waals surface area contributed by atoms with Crippen molar-refractivity contribution in [2.45, 2.75) is 10.6 Å². The number of halogens is 2. The Balaban J connectivity index is 1.39. The van der Waals surface area contributed by atoms with Gasteiger partial charge in [0.1, 0.15) is 11.5 Å². The number of anilines is 1. The van der Waals surface area contributed by atoms with Crippen molar-refractivity contribution in [3.63, 3.8) is 0 Å². The maximum absolute atomic E-state index is 13.1. The highest BCUT2D eigenvalue weighted by Crippen LogP contribution is 2.25. The molecule has 7 heteroatoms. The highest BCUT2D eigenvalue weighted by Gasteiger charge is 2.10. The summed E-state index contributed by atoms with van der Waals surface area (Å²) in [5.74, 6) is -0.0151. The van der Waals surface area contributed by atoms with Crippen molar-refractivity contribution in [2.24, 2.45) is 0 Å². The quantitative estimate of drug-likeness (QED) is 0.430. The van der Waals surface area contributed by atoms with Crippen LogP contribution in [0, 0.1) is 5.82 Å². The Morgan fingerprint density at radius 3 is 2.71 bits per heavy atom. The molecule has 0 spiro atoms. The molecule has 2 heterocycles. The topological polar surface area (TPSA) is 46.4 Å². The molecule has 4 nitrogen and oxygen atoms in total. The highest BCUT2D eigenvalue weighted by molar-refractivity contribution is 7.98. The molecule has 0 radical (unpaired) electrons. The van der Waals surface area contributed by atoms with Gasteiger partial charge in [-0.15, -0.1) is 11.8 Å². The van der Waals surface area contributed by atoms with Crippen molar-refractivity contribution in [3.05, 3.63) is 95.2 Å². The van der Waals surface area contributed by atoms with Gasteiger partial charge < -0.3 is 9.72 Å². The van der Waals surface area contributed by atoms with Crippen molar-refractivity contribution < 1.29 is 9.18 Å². The fourth-order valence-electron chi connectivity index (χ4n) is 2.70. The van der Waals surface area contributed by atoms with E-state index in [-0.39, 0.29) is 10.9 Å². The molecule has 0 fully saturated rings. The van der Waals surface area contributed by atoms with Crippen molar-refractivity contribution in [1.82, 2.24) is 9.38 Å². The van der Waals surface area contributed by atoms with E-state index in [9.17, 15) is 9.18 Å². The molecule has 4 aromatic rings. The standard InChI is InChI=1S/C21H15ClFN3OS/c22-18-11-15(23)6-9-19(18)25-21(27)14-4-7-17(8-5-14)28-13-16-12-26-10-2-1-3-20(26)24-16/h1-12H,13H2,(H,25,27). The molecule has 2 aromatic carbocycles. The Labute approximate surface area is 170 Å². The SMILES string of the molecule is O=C(Nc1ccc(F)cc1Cl)c1ccc(SCc2cn3ccccc3n2)cc1. The first-order valence-electron chi connectivity index (χ1n) is 8.50. The number of nitrogens with zero attached hydrogens (tertiary/aromatic N) is 2. The summed E-state index contributed by atoms with van der Waals surface area (Å²) in [4.78, 5) is 18.0. The van der Waals surface area contributed by atoms with E-state index < -0.39 is 5.82 Å². The van der Waals surface area contributed by atoms with E-state index in [1.54, 1.807) is 23.9 Å². The Kier molecular flexibility index (Phi) is 5.32. The molecule has 28 heavy (non-hydrogen) atoms. The van der Waals surface area contributed by atoms with Crippen LogP contribution in [0.2, 0.25) is 5.02 Å². The van der Waals surface area contributed by atoms with Gasteiger partial charge in [-0.1, -0.05) is 17.7 Å². The molecule has 0 atom stereocenters. The number of imidazole rings is 1. The third kappa shape index (κ3) is 4.18. The lowest BCUT2D eigenvalue weighted by Gasteiger charge is -2.08. The number of hydrogen-bond acceptors (Lipinski definition) is 3. The first kappa shape index (κ1) is 18.5. The van der Waals surface area contributed by atoms with Gasteiger partial charge in [-0.3, -0.25) is 4.79 Å². The maximum atomic E-state index is 13.1. The van der Waals surface area contributed by atoms with E-state index in [4.69, 9.17) is 11.6 Å². The van der Waals surface area contributed by atoms with Crippen LogP contribution in [0.5, 0.6) is 0 Å². The molecular weight excluding hydrogens is 397 g/mol. The second-order valence-electron chi connectivity index (χ2n) is 6.09. The van der Waals surface area contributed by atoms with Gasteiger partial charge in [-0.05, 0) is 54.6 Å². The minimum atomic E-state index is -0.449. The summed E-state index contributed by atoms with van der Waals surface area (Å²) in [6.45, 7) is 0. The summed E-state index contributed by atoms with van der Waals surface area (Å²) in [7, 11) is 0. The molecular formula is C21H15ClFN3OS. The molecule has 0 aliphatic carbocycles. The summed E-state index contributed by atoms with van der Waals surface area (Å²) in [6.07, 6.45) is 3.98. The third-order valence-corrected chi connectivity index (χ3v) is 5.45. The van der Waals surface area contributed by atoms with Crippen LogP contribution in [0.15, 0.2) is 78.0 Å².